The smallest absolute Gasteiger partial charge is 0.262 e. The number of carbonyl (C=O) groups is 1. The molecule has 0 aliphatic carbocycles. The van der Waals surface area contributed by atoms with E-state index in [9.17, 15) is 4.79 Å². The third-order valence-electron chi connectivity index (χ3n) is 4.69. The number of aryl methyl sites for hydroxylation is 1. The highest BCUT2D eigenvalue weighted by molar-refractivity contribution is 9.10. The summed E-state index contributed by atoms with van der Waals surface area (Å²) >= 11 is 3.53. The average molecular weight is 468 g/mol. The third-order valence-corrected chi connectivity index (χ3v) is 5.58. The van der Waals surface area contributed by atoms with Gasteiger partial charge in [0, 0.05) is 22.0 Å². The number of ether oxygens (including phenoxy) is 1. The van der Waals surface area contributed by atoms with Gasteiger partial charge in [0.05, 0.1) is 17.9 Å². The SMILES string of the molecule is CC.CCOc1ccc(N2C(=O)c3cccnc3C2Nc2ccc(Br)c(C)c2)cc1. The topological polar surface area (TPSA) is 54.5 Å². The summed E-state index contributed by atoms with van der Waals surface area (Å²) in [6, 6.07) is 17.2. The van der Waals surface area contributed by atoms with Crippen LogP contribution in [0.1, 0.15) is 48.6 Å². The molecule has 0 saturated carbocycles. The fourth-order valence-corrected chi connectivity index (χ4v) is 3.59. The number of hydrogen-bond acceptors (Lipinski definition) is 4. The van der Waals surface area contributed by atoms with Crippen LogP contribution in [0.5, 0.6) is 5.75 Å². The minimum absolute atomic E-state index is 0.0707. The molecular weight excluding hydrogens is 442 g/mol. The Morgan fingerprint density at radius 1 is 1.13 bits per heavy atom. The summed E-state index contributed by atoms with van der Waals surface area (Å²) in [6.07, 6.45) is 1.33. The van der Waals surface area contributed by atoms with Crippen molar-refractivity contribution < 1.29 is 9.53 Å². The number of nitrogens with one attached hydrogen (secondary N) is 1. The van der Waals surface area contributed by atoms with Gasteiger partial charge < -0.3 is 10.1 Å². The summed E-state index contributed by atoms with van der Waals surface area (Å²) in [5.41, 5.74) is 4.17. The lowest BCUT2D eigenvalue weighted by Gasteiger charge is -2.27. The predicted molar refractivity (Wildman–Crippen MR) is 125 cm³/mol. The molecule has 3 aromatic rings. The molecule has 1 aliphatic heterocycles. The lowest BCUT2D eigenvalue weighted by Crippen LogP contribution is -2.32. The number of pyridine rings is 1. The Bertz CT molecular complexity index is 1020. The number of fused-ring (bicyclic) bond motifs is 1. The van der Waals surface area contributed by atoms with Gasteiger partial charge in [-0.1, -0.05) is 29.8 Å². The van der Waals surface area contributed by atoms with Crippen molar-refractivity contribution in [2.75, 3.05) is 16.8 Å². The molecule has 0 radical (unpaired) electrons. The van der Waals surface area contributed by atoms with Gasteiger partial charge in [-0.15, -0.1) is 0 Å². The van der Waals surface area contributed by atoms with E-state index in [4.69, 9.17) is 4.74 Å². The Balaban J connectivity index is 0.00000124. The summed E-state index contributed by atoms with van der Waals surface area (Å²) in [6.45, 7) is 8.58. The third kappa shape index (κ3) is 4.33. The van der Waals surface area contributed by atoms with Crippen molar-refractivity contribution in [3.8, 4) is 5.75 Å². The van der Waals surface area contributed by atoms with Crippen molar-refractivity contribution in [1.29, 1.82) is 0 Å². The minimum atomic E-state index is -0.387. The summed E-state index contributed by atoms with van der Waals surface area (Å²) in [5, 5.41) is 3.47. The zero-order valence-electron chi connectivity index (χ0n) is 17.6. The summed E-state index contributed by atoms with van der Waals surface area (Å²) < 4.78 is 6.57. The normalized spacial score (nSPS) is 14.6. The second-order valence-electron chi connectivity index (χ2n) is 6.55. The Labute approximate surface area is 186 Å². The van der Waals surface area contributed by atoms with Crippen molar-refractivity contribution >= 4 is 33.2 Å². The molecule has 1 aliphatic rings. The Morgan fingerprint density at radius 3 is 2.53 bits per heavy atom. The molecule has 5 nitrogen and oxygen atoms in total. The minimum Gasteiger partial charge on any atom is -0.494 e. The Hall–Kier alpha value is -2.86. The molecule has 4 rings (SSSR count). The maximum Gasteiger partial charge on any atom is 0.262 e. The first-order valence-corrected chi connectivity index (χ1v) is 10.9. The maximum absolute atomic E-state index is 13.1. The first-order valence-electron chi connectivity index (χ1n) is 10.1. The number of aromatic nitrogens is 1. The van der Waals surface area contributed by atoms with Crippen LogP contribution in [0.4, 0.5) is 11.4 Å². The van der Waals surface area contributed by atoms with Gasteiger partial charge in [-0.25, -0.2) is 0 Å². The molecule has 1 amide bonds. The zero-order chi connectivity index (χ0) is 21.7. The largest absolute Gasteiger partial charge is 0.494 e. The summed E-state index contributed by atoms with van der Waals surface area (Å²) in [4.78, 5) is 19.4. The molecule has 0 spiro atoms. The van der Waals surface area contributed by atoms with Gasteiger partial charge in [0.25, 0.3) is 5.91 Å². The van der Waals surface area contributed by atoms with Crippen LogP contribution < -0.4 is 15.0 Å². The van der Waals surface area contributed by atoms with Gasteiger partial charge in [-0.2, -0.15) is 0 Å². The number of benzene rings is 2. The highest BCUT2D eigenvalue weighted by Crippen LogP contribution is 2.37. The van der Waals surface area contributed by atoms with Gasteiger partial charge in [0.2, 0.25) is 0 Å². The monoisotopic (exact) mass is 467 g/mol. The highest BCUT2D eigenvalue weighted by Gasteiger charge is 2.39. The highest BCUT2D eigenvalue weighted by atomic mass is 79.9. The molecule has 30 heavy (non-hydrogen) atoms. The lowest BCUT2D eigenvalue weighted by molar-refractivity contribution is 0.0993. The van der Waals surface area contributed by atoms with Crippen LogP contribution in [0.25, 0.3) is 0 Å². The van der Waals surface area contributed by atoms with Crippen LogP contribution in [0, 0.1) is 6.92 Å². The van der Waals surface area contributed by atoms with Gasteiger partial charge in [-0.05, 0) is 74.0 Å². The number of nitrogens with zero attached hydrogens (tertiary/aromatic N) is 2. The second kappa shape index (κ2) is 9.76. The van der Waals surface area contributed by atoms with E-state index in [0.717, 1.165) is 32.9 Å². The first kappa shape index (κ1) is 21.8. The lowest BCUT2D eigenvalue weighted by atomic mass is 10.2. The van der Waals surface area contributed by atoms with Crippen LogP contribution in [0.15, 0.2) is 65.3 Å². The van der Waals surface area contributed by atoms with Crippen molar-refractivity contribution in [2.24, 2.45) is 0 Å². The quantitative estimate of drug-likeness (QED) is 0.474. The number of halogens is 1. The van der Waals surface area contributed by atoms with E-state index in [2.05, 4.69) is 26.2 Å². The predicted octanol–water partition coefficient (Wildman–Crippen LogP) is 6.35. The fraction of sp³-hybridized carbons (Fsp3) is 0.250. The molecule has 1 N–H and O–H groups in total. The molecule has 0 saturated heterocycles. The zero-order valence-corrected chi connectivity index (χ0v) is 19.2. The molecule has 1 atom stereocenters. The molecule has 6 heteroatoms. The van der Waals surface area contributed by atoms with Crippen molar-refractivity contribution in [1.82, 2.24) is 4.98 Å². The van der Waals surface area contributed by atoms with Crippen molar-refractivity contribution in [3.63, 3.8) is 0 Å². The molecular formula is C24H26BrN3O2. The van der Waals surface area contributed by atoms with Gasteiger partial charge in [-0.3, -0.25) is 14.7 Å². The molecule has 2 aromatic carbocycles. The van der Waals surface area contributed by atoms with Gasteiger partial charge in [0.15, 0.2) is 6.17 Å². The molecule has 0 bridgehead atoms. The average Bonchev–Trinajstić information content (AvgIpc) is 3.05. The van der Waals surface area contributed by atoms with Crippen LogP contribution in [0.2, 0.25) is 0 Å². The van der Waals surface area contributed by atoms with E-state index in [0.29, 0.717) is 12.2 Å². The van der Waals surface area contributed by atoms with Gasteiger partial charge >= 0.3 is 0 Å². The van der Waals surface area contributed by atoms with Crippen LogP contribution in [-0.4, -0.2) is 17.5 Å². The number of rotatable bonds is 5. The number of anilines is 2. The maximum atomic E-state index is 13.1. The second-order valence-corrected chi connectivity index (χ2v) is 7.40. The Morgan fingerprint density at radius 2 is 1.87 bits per heavy atom. The molecule has 156 valence electrons. The van der Waals surface area contributed by atoms with E-state index in [1.807, 2.05) is 76.2 Å². The standard InChI is InChI=1S/C22H20BrN3O2.C2H6/c1-3-28-17-9-7-16(8-10-17)26-21(20-18(22(26)27)5-4-12-24-20)25-15-6-11-19(23)14(2)13-15;1-2/h4-13,21,25H,3H2,1-2H3;1-2H3. The molecule has 2 heterocycles. The number of hydrogen-bond donors (Lipinski definition) is 1. The van der Waals surface area contributed by atoms with E-state index in [-0.39, 0.29) is 12.1 Å². The van der Waals surface area contributed by atoms with Crippen LogP contribution in [-0.2, 0) is 0 Å². The molecule has 1 unspecified atom stereocenters. The van der Waals surface area contributed by atoms with E-state index < -0.39 is 0 Å². The van der Waals surface area contributed by atoms with E-state index in [1.165, 1.54) is 0 Å². The van der Waals surface area contributed by atoms with Crippen molar-refractivity contribution in [2.45, 2.75) is 33.9 Å². The first-order chi connectivity index (χ1) is 14.6. The van der Waals surface area contributed by atoms with Crippen LogP contribution in [0.3, 0.4) is 0 Å². The molecule has 0 fully saturated rings. The number of amides is 1. The van der Waals surface area contributed by atoms with Crippen LogP contribution >= 0.6 is 15.9 Å². The molecule has 1 aromatic heterocycles. The van der Waals surface area contributed by atoms with Gasteiger partial charge in [0.1, 0.15) is 5.75 Å². The Kier molecular flexibility index (Phi) is 7.11. The van der Waals surface area contributed by atoms with E-state index in [1.54, 1.807) is 17.2 Å². The summed E-state index contributed by atoms with van der Waals surface area (Å²) in [7, 11) is 0. The fourth-order valence-electron chi connectivity index (χ4n) is 3.35. The summed E-state index contributed by atoms with van der Waals surface area (Å²) in [5.74, 6) is 0.708. The number of carbonyl (C=O) groups excluding carboxylic acids is 1. The van der Waals surface area contributed by atoms with Crippen molar-refractivity contribution in [3.05, 3.63) is 82.1 Å². The van der Waals surface area contributed by atoms with E-state index >= 15 is 0 Å².